The zero-order chi connectivity index (χ0) is 15.2. The summed E-state index contributed by atoms with van der Waals surface area (Å²) in [5.74, 6) is 1.52. The van der Waals surface area contributed by atoms with Crippen molar-refractivity contribution in [1.82, 2.24) is 0 Å². The van der Waals surface area contributed by atoms with E-state index in [-0.39, 0.29) is 6.10 Å². The molecular formula is C18H29NO2. The van der Waals surface area contributed by atoms with Gasteiger partial charge in [-0.15, -0.1) is 0 Å². The van der Waals surface area contributed by atoms with Gasteiger partial charge in [0.25, 0.3) is 0 Å². The Kier molecular flexibility index (Phi) is 5.92. The number of nitrogens with one attached hydrogen (secondary N) is 1. The van der Waals surface area contributed by atoms with Crippen LogP contribution in [0.2, 0.25) is 0 Å². The Morgan fingerprint density at radius 2 is 2.14 bits per heavy atom. The maximum Gasteiger partial charge on any atom is 0.121 e. The molecule has 0 bridgehead atoms. The number of ether oxygens (including phenoxy) is 2. The van der Waals surface area contributed by atoms with Gasteiger partial charge in [0.1, 0.15) is 5.75 Å². The molecule has 0 spiro atoms. The summed E-state index contributed by atoms with van der Waals surface area (Å²) in [5, 5.41) is 3.64. The van der Waals surface area contributed by atoms with Gasteiger partial charge in [-0.3, -0.25) is 0 Å². The Labute approximate surface area is 129 Å². The quantitative estimate of drug-likeness (QED) is 0.838. The first kappa shape index (κ1) is 16.2. The van der Waals surface area contributed by atoms with E-state index in [9.17, 15) is 0 Å². The summed E-state index contributed by atoms with van der Waals surface area (Å²) in [6.07, 6.45) is 3.80. The van der Waals surface area contributed by atoms with Crippen LogP contribution in [0.3, 0.4) is 0 Å². The molecule has 1 aliphatic rings. The van der Waals surface area contributed by atoms with Gasteiger partial charge in [0, 0.05) is 24.4 Å². The van der Waals surface area contributed by atoms with E-state index in [1.165, 1.54) is 0 Å². The van der Waals surface area contributed by atoms with E-state index in [0.717, 1.165) is 37.3 Å². The Balaban J connectivity index is 1.94. The molecular weight excluding hydrogens is 262 g/mol. The van der Waals surface area contributed by atoms with Gasteiger partial charge in [-0.05, 0) is 44.2 Å². The number of anilines is 1. The van der Waals surface area contributed by atoms with Gasteiger partial charge < -0.3 is 14.8 Å². The maximum absolute atomic E-state index is 5.89. The number of hydrogen-bond acceptors (Lipinski definition) is 3. The molecule has 3 unspecified atom stereocenters. The van der Waals surface area contributed by atoms with Crippen molar-refractivity contribution < 1.29 is 9.47 Å². The molecule has 1 aromatic rings. The molecule has 118 valence electrons. The normalized spacial score (nSPS) is 23.9. The lowest BCUT2D eigenvalue weighted by molar-refractivity contribution is -0.0160. The van der Waals surface area contributed by atoms with Crippen LogP contribution in [0.15, 0.2) is 24.3 Å². The van der Waals surface area contributed by atoms with Gasteiger partial charge in [0.05, 0.1) is 12.2 Å². The Bertz CT molecular complexity index is 433. The third-order valence-electron chi connectivity index (χ3n) is 4.18. The standard InChI is InChI=1S/C18H29NO2/c1-5-14(4)21-17-8-6-7-15(11-17)19-16-9-10-20-18(12-16)13(2)3/h6-8,11,13-14,16,18-19H,5,9-10,12H2,1-4H3. The summed E-state index contributed by atoms with van der Waals surface area (Å²) in [6, 6.07) is 8.79. The minimum Gasteiger partial charge on any atom is -0.491 e. The third kappa shape index (κ3) is 4.92. The van der Waals surface area contributed by atoms with Gasteiger partial charge in [0.15, 0.2) is 0 Å². The molecule has 21 heavy (non-hydrogen) atoms. The van der Waals surface area contributed by atoms with Crippen LogP contribution in [0.4, 0.5) is 5.69 Å². The van der Waals surface area contributed by atoms with Crippen molar-refractivity contribution >= 4 is 5.69 Å². The van der Waals surface area contributed by atoms with Crippen LogP contribution in [-0.4, -0.2) is 24.9 Å². The largest absolute Gasteiger partial charge is 0.491 e. The maximum atomic E-state index is 5.89. The molecule has 1 heterocycles. The molecule has 3 atom stereocenters. The van der Waals surface area contributed by atoms with Crippen molar-refractivity contribution in [3.05, 3.63) is 24.3 Å². The number of benzene rings is 1. The highest BCUT2D eigenvalue weighted by atomic mass is 16.5. The first-order chi connectivity index (χ1) is 10.1. The minimum atomic E-state index is 0.258. The monoisotopic (exact) mass is 291 g/mol. The smallest absolute Gasteiger partial charge is 0.121 e. The Hall–Kier alpha value is -1.22. The van der Waals surface area contributed by atoms with Crippen molar-refractivity contribution in [2.45, 2.75) is 65.2 Å². The highest BCUT2D eigenvalue weighted by Gasteiger charge is 2.24. The van der Waals surface area contributed by atoms with Crippen LogP contribution in [-0.2, 0) is 4.74 Å². The average molecular weight is 291 g/mol. The molecule has 0 amide bonds. The predicted octanol–water partition coefficient (Wildman–Crippen LogP) is 4.48. The highest BCUT2D eigenvalue weighted by Crippen LogP contribution is 2.25. The topological polar surface area (TPSA) is 30.5 Å². The summed E-state index contributed by atoms with van der Waals surface area (Å²) in [4.78, 5) is 0. The van der Waals surface area contributed by atoms with Crippen LogP contribution in [0.1, 0.15) is 47.0 Å². The van der Waals surface area contributed by atoms with Crippen LogP contribution in [0, 0.1) is 5.92 Å². The van der Waals surface area contributed by atoms with E-state index in [4.69, 9.17) is 9.47 Å². The lowest BCUT2D eigenvalue weighted by atomic mass is 9.95. The number of rotatable bonds is 6. The van der Waals surface area contributed by atoms with Gasteiger partial charge >= 0.3 is 0 Å². The third-order valence-corrected chi connectivity index (χ3v) is 4.18. The zero-order valence-corrected chi connectivity index (χ0v) is 13.8. The SMILES string of the molecule is CCC(C)Oc1cccc(NC2CCOC(C(C)C)C2)c1. The molecule has 3 heteroatoms. The average Bonchev–Trinajstić information content (AvgIpc) is 2.47. The Morgan fingerprint density at radius 1 is 1.33 bits per heavy atom. The number of hydrogen-bond donors (Lipinski definition) is 1. The summed E-state index contributed by atoms with van der Waals surface area (Å²) < 4.78 is 11.7. The second-order valence-electron chi connectivity index (χ2n) is 6.38. The second kappa shape index (κ2) is 7.69. The van der Waals surface area contributed by atoms with Crippen molar-refractivity contribution in [3.8, 4) is 5.75 Å². The van der Waals surface area contributed by atoms with Crippen molar-refractivity contribution in [3.63, 3.8) is 0 Å². The van der Waals surface area contributed by atoms with E-state index in [1.807, 2.05) is 6.07 Å². The fraction of sp³-hybridized carbons (Fsp3) is 0.667. The molecule has 1 aromatic carbocycles. The van der Waals surface area contributed by atoms with Gasteiger partial charge in [-0.1, -0.05) is 26.8 Å². The molecule has 0 saturated carbocycles. The molecule has 1 N–H and O–H groups in total. The van der Waals surface area contributed by atoms with Crippen LogP contribution < -0.4 is 10.1 Å². The molecule has 3 nitrogen and oxygen atoms in total. The molecule has 1 fully saturated rings. The molecule has 0 aromatic heterocycles. The summed E-state index contributed by atoms with van der Waals surface area (Å²) in [7, 11) is 0. The van der Waals surface area contributed by atoms with Crippen LogP contribution in [0.25, 0.3) is 0 Å². The van der Waals surface area contributed by atoms with Crippen molar-refractivity contribution in [2.24, 2.45) is 5.92 Å². The van der Waals surface area contributed by atoms with Crippen LogP contribution >= 0.6 is 0 Å². The second-order valence-corrected chi connectivity index (χ2v) is 6.38. The first-order valence-electron chi connectivity index (χ1n) is 8.23. The molecule has 0 radical (unpaired) electrons. The fourth-order valence-electron chi connectivity index (χ4n) is 2.63. The van der Waals surface area contributed by atoms with E-state index in [2.05, 4.69) is 51.2 Å². The predicted molar refractivity (Wildman–Crippen MR) is 88.0 cm³/mol. The molecule has 0 aliphatic carbocycles. The van der Waals surface area contributed by atoms with Gasteiger partial charge in [0.2, 0.25) is 0 Å². The minimum absolute atomic E-state index is 0.258. The van der Waals surface area contributed by atoms with Gasteiger partial charge in [-0.25, -0.2) is 0 Å². The van der Waals surface area contributed by atoms with Gasteiger partial charge in [-0.2, -0.15) is 0 Å². The van der Waals surface area contributed by atoms with E-state index >= 15 is 0 Å². The zero-order valence-electron chi connectivity index (χ0n) is 13.8. The lowest BCUT2D eigenvalue weighted by Gasteiger charge is -2.33. The summed E-state index contributed by atoms with van der Waals surface area (Å²) in [6.45, 7) is 9.55. The lowest BCUT2D eigenvalue weighted by Crippen LogP contribution is -2.36. The first-order valence-corrected chi connectivity index (χ1v) is 8.23. The van der Waals surface area contributed by atoms with E-state index in [0.29, 0.717) is 18.1 Å². The van der Waals surface area contributed by atoms with Crippen molar-refractivity contribution in [2.75, 3.05) is 11.9 Å². The van der Waals surface area contributed by atoms with E-state index < -0.39 is 0 Å². The fourth-order valence-corrected chi connectivity index (χ4v) is 2.63. The Morgan fingerprint density at radius 3 is 2.86 bits per heavy atom. The summed E-state index contributed by atoms with van der Waals surface area (Å²) >= 11 is 0. The summed E-state index contributed by atoms with van der Waals surface area (Å²) in [5.41, 5.74) is 1.14. The van der Waals surface area contributed by atoms with E-state index in [1.54, 1.807) is 0 Å². The van der Waals surface area contributed by atoms with Crippen LogP contribution in [0.5, 0.6) is 5.75 Å². The molecule has 1 saturated heterocycles. The molecule has 2 rings (SSSR count). The molecule has 1 aliphatic heterocycles. The highest BCUT2D eigenvalue weighted by molar-refractivity contribution is 5.49. The van der Waals surface area contributed by atoms with Crippen molar-refractivity contribution in [1.29, 1.82) is 0 Å².